The van der Waals surface area contributed by atoms with E-state index in [-0.39, 0.29) is 11.9 Å². The standard InChI is InChI=1S/C9H13ClN4O/c1-6(9(15)14(2)3)12-8-5-11-4-7(10)13-8/h4-6H,1-3H3,(H,12,13). The largest absolute Gasteiger partial charge is 0.357 e. The van der Waals surface area contributed by atoms with E-state index in [1.165, 1.54) is 17.3 Å². The zero-order valence-corrected chi connectivity index (χ0v) is 9.62. The summed E-state index contributed by atoms with van der Waals surface area (Å²) in [6.45, 7) is 1.75. The van der Waals surface area contributed by atoms with Crippen molar-refractivity contribution in [3.05, 3.63) is 17.5 Å². The first-order chi connectivity index (χ1) is 7.00. The maximum atomic E-state index is 11.5. The number of amides is 1. The molecular weight excluding hydrogens is 216 g/mol. The van der Waals surface area contributed by atoms with Crippen molar-refractivity contribution in [1.82, 2.24) is 14.9 Å². The van der Waals surface area contributed by atoms with Gasteiger partial charge in [0.2, 0.25) is 5.91 Å². The van der Waals surface area contributed by atoms with Crippen molar-refractivity contribution in [2.75, 3.05) is 19.4 Å². The normalized spacial score (nSPS) is 12.0. The van der Waals surface area contributed by atoms with Gasteiger partial charge >= 0.3 is 0 Å². The lowest BCUT2D eigenvalue weighted by Crippen LogP contribution is -2.36. The molecule has 0 fully saturated rings. The molecule has 0 radical (unpaired) electrons. The lowest BCUT2D eigenvalue weighted by Gasteiger charge is -2.18. The molecule has 1 unspecified atom stereocenters. The molecule has 1 rings (SSSR count). The molecule has 1 N–H and O–H groups in total. The maximum absolute atomic E-state index is 11.5. The van der Waals surface area contributed by atoms with Crippen molar-refractivity contribution in [2.24, 2.45) is 0 Å². The zero-order chi connectivity index (χ0) is 11.4. The van der Waals surface area contributed by atoms with E-state index in [4.69, 9.17) is 11.6 Å². The van der Waals surface area contributed by atoms with Crippen LogP contribution >= 0.6 is 11.6 Å². The van der Waals surface area contributed by atoms with Gasteiger partial charge in [0.05, 0.1) is 12.4 Å². The minimum absolute atomic E-state index is 0.0308. The van der Waals surface area contributed by atoms with Gasteiger partial charge in [-0.05, 0) is 6.92 Å². The van der Waals surface area contributed by atoms with Crippen molar-refractivity contribution in [3.63, 3.8) is 0 Å². The third kappa shape index (κ3) is 3.36. The van der Waals surface area contributed by atoms with Crippen LogP contribution in [0.3, 0.4) is 0 Å². The van der Waals surface area contributed by atoms with Gasteiger partial charge in [-0.3, -0.25) is 9.78 Å². The summed E-state index contributed by atoms with van der Waals surface area (Å²) in [4.78, 5) is 20.9. The Bertz CT molecular complexity index is 356. The molecule has 82 valence electrons. The van der Waals surface area contributed by atoms with Crippen molar-refractivity contribution >= 4 is 23.3 Å². The monoisotopic (exact) mass is 228 g/mol. The van der Waals surface area contributed by atoms with E-state index < -0.39 is 0 Å². The van der Waals surface area contributed by atoms with Crippen LogP contribution in [0.15, 0.2) is 12.4 Å². The number of anilines is 1. The number of nitrogens with zero attached hydrogens (tertiary/aromatic N) is 3. The van der Waals surface area contributed by atoms with E-state index >= 15 is 0 Å². The van der Waals surface area contributed by atoms with Crippen molar-refractivity contribution in [3.8, 4) is 0 Å². The summed E-state index contributed by atoms with van der Waals surface area (Å²) in [6, 6.07) is -0.354. The molecule has 0 bridgehead atoms. The van der Waals surface area contributed by atoms with E-state index in [1.54, 1.807) is 21.0 Å². The second-order valence-electron chi connectivity index (χ2n) is 3.33. The van der Waals surface area contributed by atoms with Crippen molar-refractivity contribution < 1.29 is 4.79 Å². The van der Waals surface area contributed by atoms with Gasteiger partial charge in [-0.1, -0.05) is 11.6 Å². The van der Waals surface area contributed by atoms with Crippen LogP contribution in [-0.2, 0) is 4.79 Å². The molecule has 0 aromatic carbocycles. The zero-order valence-electron chi connectivity index (χ0n) is 8.86. The molecule has 6 heteroatoms. The Morgan fingerprint density at radius 2 is 2.20 bits per heavy atom. The predicted molar refractivity (Wildman–Crippen MR) is 58.8 cm³/mol. The molecule has 0 saturated heterocycles. The van der Waals surface area contributed by atoms with Gasteiger partial charge in [0.1, 0.15) is 17.0 Å². The molecule has 0 aliphatic carbocycles. The average molecular weight is 229 g/mol. The number of aromatic nitrogens is 2. The molecule has 0 aliphatic rings. The third-order valence-electron chi connectivity index (χ3n) is 1.78. The summed E-state index contributed by atoms with van der Waals surface area (Å²) < 4.78 is 0. The molecule has 1 atom stereocenters. The Balaban J connectivity index is 2.66. The molecule has 0 aliphatic heterocycles. The number of carbonyl (C=O) groups is 1. The predicted octanol–water partition coefficient (Wildman–Crippen LogP) is 1.02. The molecule has 15 heavy (non-hydrogen) atoms. The van der Waals surface area contributed by atoms with Crippen LogP contribution in [0.25, 0.3) is 0 Å². The summed E-state index contributed by atoms with van der Waals surface area (Å²) in [5.41, 5.74) is 0. The first-order valence-corrected chi connectivity index (χ1v) is 4.83. The summed E-state index contributed by atoms with van der Waals surface area (Å²) in [6.07, 6.45) is 2.95. The molecular formula is C9H13ClN4O. The summed E-state index contributed by atoms with van der Waals surface area (Å²) in [5.74, 6) is 0.460. The number of halogens is 1. The number of nitrogens with one attached hydrogen (secondary N) is 1. The molecule has 1 amide bonds. The smallest absolute Gasteiger partial charge is 0.244 e. The number of carbonyl (C=O) groups excluding carboxylic acids is 1. The van der Waals surface area contributed by atoms with Crippen LogP contribution in [0.1, 0.15) is 6.92 Å². The molecule has 5 nitrogen and oxygen atoms in total. The third-order valence-corrected chi connectivity index (χ3v) is 1.96. The molecule has 0 spiro atoms. The highest BCUT2D eigenvalue weighted by atomic mass is 35.5. The maximum Gasteiger partial charge on any atom is 0.244 e. The van der Waals surface area contributed by atoms with Crippen LogP contribution in [-0.4, -0.2) is 40.9 Å². The Morgan fingerprint density at radius 3 is 2.73 bits per heavy atom. The molecule has 1 heterocycles. The van der Waals surface area contributed by atoms with Crippen molar-refractivity contribution in [2.45, 2.75) is 13.0 Å². The van der Waals surface area contributed by atoms with Gasteiger partial charge in [-0.2, -0.15) is 0 Å². The Labute approximate surface area is 93.5 Å². The lowest BCUT2D eigenvalue weighted by atomic mass is 10.3. The highest BCUT2D eigenvalue weighted by molar-refractivity contribution is 6.29. The van der Waals surface area contributed by atoms with Gasteiger partial charge in [0.15, 0.2) is 0 Å². The van der Waals surface area contributed by atoms with Crippen LogP contribution < -0.4 is 5.32 Å². The Hall–Kier alpha value is -1.36. The van der Waals surface area contributed by atoms with Gasteiger partial charge in [0, 0.05) is 14.1 Å². The fraction of sp³-hybridized carbons (Fsp3) is 0.444. The minimum atomic E-state index is -0.354. The van der Waals surface area contributed by atoms with E-state index in [1.807, 2.05) is 0 Å². The number of rotatable bonds is 3. The fourth-order valence-corrected chi connectivity index (χ4v) is 1.23. The molecule has 1 aromatic rings. The van der Waals surface area contributed by atoms with Crippen LogP contribution in [0.5, 0.6) is 0 Å². The second-order valence-corrected chi connectivity index (χ2v) is 3.71. The van der Waals surface area contributed by atoms with Crippen LogP contribution in [0.4, 0.5) is 5.82 Å². The van der Waals surface area contributed by atoms with Gasteiger partial charge in [-0.25, -0.2) is 4.98 Å². The first kappa shape index (κ1) is 11.7. The Morgan fingerprint density at radius 1 is 1.53 bits per heavy atom. The summed E-state index contributed by atoms with van der Waals surface area (Å²) in [5, 5.41) is 3.21. The van der Waals surface area contributed by atoms with Crippen LogP contribution in [0, 0.1) is 0 Å². The minimum Gasteiger partial charge on any atom is -0.357 e. The van der Waals surface area contributed by atoms with Gasteiger partial charge in [-0.15, -0.1) is 0 Å². The van der Waals surface area contributed by atoms with E-state index in [2.05, 4.69) is 15.3 Å². The Kier molecular flexibility index (Phi) is 3.85. The van der Waals surface area contributed by atoms with Crippen LogP contribution in [0.2, 0.25) is 5.15 Å². The summed E-state index contributed by atoms with van der Waals surface area (Å²) >= 11 is 5.66. The highest BCUT2D eigenvalue weighted by Gasteiger charge is 2.14. The highest BCUT2D eigenvalue weighted by Crippen LogP contribution is 2.08. The molecule has 1 aromatic heterocycles. The summed E-state index contributed by atoms with van der Waals surface area (Å²) in [7, 11) is 3.40. The van der Waals surface area contributed by atoms with E-state index in [0.717, 1.165) is 0 Å². The quantitative estimate of drug-likeness (QED) is 0.839. The topological polar surface area (TPSA) is 58.1 Å². The molecule has 0 saturated carbocycles. The second kappa shape index (κ2) is 4.93. The first-order valence-electron chi connectivity index (χ1n) is 4.46. The van der Waals surface area contributed by atoms with Gasteiger partial charge in [0.25, 0.3) is 0 Å². The SMILES string of the molecule is CC(Nc1cncc(Cl)n1)C(=O)N(C)C. The lowest BCUT2D eigenvalue weighted by molar-refractivity contribution is -0.129. The van der Waals surface area contributed by atoms with E-state index in [0.29, 0.717) is 11.0 Å². The fourth-order valence-electron chi connectivity index (χ4n) is 1.08. The van der Waals surface area contributed by atoms with E-state index in [9.17, 15) is 4.79 Å². The number of hydrogen-bond donors (Lipinski definition) is 1. The average Bonchev–Trinajstić information content (AvgIpc) is 2.16. The van der Waals surface area contributed by atoms with Crippen molar-refractivity contribution in [1.29, 1.82) is 0 Å². The van der Waals surface area contributed by atoms with Gasteiger partial charge < -0.3 is 10.2 Å². The number of likely N-dealkylation sites (N-methyl/N-ethyl adjacent to an activating group) is 1. The number of hydrogen-bond acceptors (Lipinski definition) is 4.